The van der Waals surface area contributed by atoms with E-state index in [2.05, 4.69) is 26.3 Å². The van der Waals surface area contributed by atoms with Crippen LogP contribution < -0.4 is 5.32 Å². The Labute approximate surface area is 152 Å². The zero-order valence-corrected chi connectivity index (χ0v) is 14.8. The summed E-state index contributed by atoms with van der Waals surface area (Å²) in [4.78, 5) is 25.3. The number of aliphatic imine (C=N–C) groups is 1. The molecule has 0 spiro atoms. The van der Waals surface area contributed by atoms with Crippen LogP contribution in [0.25, 0.3) is 17.1 Å². The number of pyridine rings is 1. The smallest absolute Gasteiger partial charge is 0.286 e. The molecule has 5 nitrogen and oxygen atoms in total. The molecule has 8 heteroatoms. The number of nitrogens with one attached hydrogen (secondary N) is 2. The number of nitrogens with zero attached hydrogens (tertiary/aromatic N) is 2. The highest BCUT2D eigenvalue weighted by Gasteiger charge is 2.22. The molecule has 0 aliphatic carbocycles. The highest BCUT2D eigenvalue weighted by Crippen LogP contribution is 2.29. The Bertz CT molecular complexity index is 931. The number of fused-ring (bicyclic) bond motifs is 1. The second-order valence-electron chi connectivity index (χ2n) is 4.91. The number of H-pyrrole nitrogens is 1. The highest BCUT2D eigenvalue weighted by atomic mass is 35.5. The van der Waals surface area contributed by atoms with Crippen molar-refractivity contribution in [2.24, 2.45) is 4.99 Å². The van der Waals surface area contributed by atoms with Gasteiger partial charge in [-0.2, -0.15) is 4.99 Å². The Morgan fingerprint density at radius 3 is 3.04 bits per heavy atom. The fourth-order valence-corrected chi connectivity index (χ4v) is 3.74. The van der Waals surface area contributed by atoms with Gasteiger partial charge in [0.15, 0.2) is 5.17 Å². The van der Waals surface area contributed by atoms with E-state index in [-0.39, 0.29) is 18.3 Å². The van der Waals surface area contributed by atoms with E-state index < -0.39 is 0 Å². The van der Waals surface area contributed by atoms with Crippen LogP contribution in [0.4, 0.5) is 0 Å². The first kappa shape index (κ1) is 16.8. The molecule has 3 aromatic rings. The van der Waals surface area contributed by atoms with Crippen molar-refractivity contribution in [3.63, 3.8) is 0 Å². The van der Waals surface area contributed by atoms with Gasteiger partial charge in [0.25, 0.3) is 5.91 Å². The molecule has 0 bridgehead atoms. The first-order valence-corrected chi connectivity index (χ1v) is 8.70. The largest absolute Gasteiger partial charge is 0.359 e. The highest BCUT2D eigenvalue weighted by molar-refractivity contribution is 8.18. The van der Waals surface area contributed by atoms with Crippen molar-refractivity contribution < 1.29 is 4.79 Å². The van der Waals surface area contributed by atoms with Crippen molar-refractivity contribution in [1.29, 1.82) is 0 Å². The van der Waals surface area contributed by atoms with Crippen LogP contribution in [0.15, 0.2) is 51.9 Å². The Kier molecular flexibility index (Phi) is 5.03. The second-order valence-corrected chi connectivity index (χ2v) is 6.97. The summed E-state index contributed by atoms with van der Waals surface area (Å²) in [5.74, 6) is -0.207. The predicted molar refractivity (Wildman–Crippen MR) is 103 cm³/mol. The summed E-state index contributed by atoms with van der Waals surface area (Å²) in [6, 6.07) is 7.92. The van der Waals surface area contributed by atoms with Gasteiger partial charge in [-0.3, -0.25) is 4.79 Å². The van der Waals surface area contributed by atoms with Gasteiger partial charge in [-0.05, 0) is 41.4 Å². The lowest BCUT2D eigenvalue weighted by Crippen LogP contribution is -2.17. The topological polar surface area (TPSA) is 70.1 Å². The van der Waals surface area contributed by atoms with E-state index in [1.807, 2.05) is 35.9 Å². The van der Waals surface area contributed by atoms with Crippen LogP contribution >= 0.6 is 35.5 Å². The summed E-state index contributed by atoms with van der Waals surface area (Å²) < 4.78 is 0. The number of amides is 1. The van der Waals surface area contributed by atoms with Crippen LogP contribution in [0.5, 0.6) is 0 Å². The van der Waals surface area contributed by atoms with Gasteiger partial charge in [0.05, 0.1) is 11.4 Å². The fraction of sp³-hybridized carbons (Fsp3) is 0.0625. The minimum absolute atomic E-state index is 0. The van der Waals surface area contributed by atoms with Gasteiger partial charge in [-0.1, -0.05) is 6.07 Å². The maximum atomic E-state index is 12.1. The molecule has 24 heavy (non-hydrogen) atoms. The molecule has 0 radical (unpaired) electrons. The van der Waals surface area contributed by atoms with Crippen molar-refractivity contribution >= 4 is 63.7 Å². The summed E-state index contributed by atoms with van der Waals surface area (Å²) in [5.41, 5.74) is 1.76. The fourth-order valence-electron chi connectivity index (χ4n) is 2.30. The van der Waals surface area contributed by atoms with E-state index in [1.54, 1.807) is 17.5 Å². The Morgan fingerprint density at radius 2 is 2.21 bits per heavy atom. The second kappa shape index (κ2) is 7.21. The molecule has 0 aromatic carbocycles. The van der Waals surface area contributed by atoms with E-state index >= 15 is 0 Å². The number of carbonyl (C=O) groups is 1. The lowest BCUT2D eigenvalue weighted by molar-refractivity contribution is -0.113. The van der Waals surface area contributed by atoms with Crippen LogP contribution in [0.1, 0.15) is 10.4 Å². The lowest BCUT2D eigenvalue weighted by Gasteiger charge is -2.01. The van der Waals surface area contributed by atoms with Crippen LogP contribution in [-0.4, -0.2) is 21.0 Å². The minimum Gasteiger partial charge on any atom is -0.359 e. The molecule has 2 N–H and O–H groups in total. The van der Waals surface area contributed by atoms with Crippen LogP contribution in [0.3, 0.4) is 0 Å². The van der Waals surface area contributed by atoms with Crippen molar-refractivity contribution in [3.8, 4) is 0 Å². The maximum Gasteiger partial charge on any atom is 0.286 e. The van der Waals surface area contributed by atoms with Gasteiger partial charge in [-0.15, -0.1) is 23.7 Å². The van der Waals surface area contributed by atoms with Crippen LogP contribution in [0, 0.1) is 0 Å². The van der Waals surface area contributed by atoms with Gasteiger partial charge < -0.3 is 10.3 Å². The van der Waals surface area contributed by atoms with Crippen LogP contribution in [0.2, 0.25) is 0 Å². The number of hydrogen-bond acceptors (Lipinski definition) is 5. The van der Waals surface area contributed by atoms with Gasteiger partial charge in [0.1, 0.15) is 5.65 Å². The molecular weight excluding hydrogens is 364 g/mol. The number of aromatic nitrogens is 2. The molecule has 0 atom stereocenters. The van der Waals surface area contributed by atoms with E-state index in [4.69, 9.17) is 0 Å². The molecule has 0 saturated carbocycles. The molecule has 1 amide bonds. The summed E-state index contributed by atoms with van der Waals surface area (Å²) in [5, 5.41) is 6.87. The number of carbonyl (C=O) groups excluding carboxylic acids is 1. The molecular formula is C16H13ClN4OS2. The lowest BCUT2D eigenvalue weighted by atomic mass is 10.2. The molecule has 1 aliphatic heterocycles. The van der Waals surface area contributed by atoms with Gasteiger partial charge in [0.2, 0.25) is 0 Å². The van der Waals surface area contributed by atoms with Crippen molar-refractivity contribution in [2.75, 3.05) is 0 Å². The predicted octanol–water partition coefficient (Wildman–Crippen LogP) is 3.81. The van der Waals surface area contributed by atoms with Gasteiger partial charge in [0, 0.05) is 28.2 Å². The zero-order valence-electron chi connectivity index (χ0n) is 12.4. The number of rotatable bonds is 3. The molecule has 3 aromatic heterocycles. The average Bonchev–Trinajstić information content (AvgIpc) is 3.28. The van der Waals surface area contributed by atoms with E-state index in [0.29, 0.717) is 16.6 Å². The van der Waals surface area contributed by atoms with Crippen molar-refractivity contribution in [3.05, 3.63) is 57.4 Å². The van der Waals surface area contributed by atoms with Crippen molar-refractivity contribution in [1.82, 2.24) is 15.3 Å². The molecule has 1 aliphatic rings. The number of halogens is 1. The first-order valence-electron chi connectivity index (χ1n) is 7.00. The Hall–Kier alpha value is -2.09. The maximum absolute atomic E-state index is 12.1. The molecule has 122 valence electrons. The Balaban J connectivity index is 0.00000169. The number of thioether (sulfide) groups is 1. The quantitative estimate of drug-likeness (QED) is 0.682. The molecule has 0 fully saturated rings. The first-order chi connectivity index (χ1) is 11.3. The van der Waals surface area contributed by atoms with E-state index in [1.165, 1.54) is 16.6 Å². The molecule has 0 saturated heterocycles. The molecule has 4 rings (SSSR count). The SMILES string of the molecule is Cl.O=C1N=C(NCc2cccs2)S/C1=C\c1c[nH]c2ncccc12. The van der Waals surface area contributed by atoms with E-state index in [9.17, 15) is 4.79 Å². The van der Waals surface area contributed by atoms with Crippen LogP contribution in [-0.2, 0) is 11.3 Å². The van der Waals surface area contributed by atoms with Gasteiger partial charge in [-0.25, -0.2) is 4.98 Å². The third-order valence-electron chi connectivity index (χ3n) is 3.38. The summed E-state index contributed by atoms with van der Waals surface area (Å²) >= 11 is 3.04. The number of amidine groups is 1. The van der Waals surface area contributed by atoms with E-state index in [0.717, 1.165) is 16.6 Å². The summed E-state index contributed by atoms with van der Waals surface area (Å²) in [6.07, 6.45) is 5.45. The summed E-state index contributed by atoms with van der Waals surface area (Å²) in [6.45, 7) is 0.682. The molecule has 0 unspecified atom stereocenters. The average molecular weight is 377 g/mol. The minimum atomic E-state index is -0.207. The monoisotopic (exact) mass is 376 g/mol. The van der Waals surface area contributed by atoms with Crippen molar-refractivity contribution in [2.45, 2.75) is 6.54 Å². The molecule has 4 heterocycles. The summed E-state index contributed by atoms with van der Waals surface area (Å²) in [7, 11) is 0. The Morgan fingerprint density at radius 1 is 1.29 bits per heavy atom. The zero-order chi connectivity index (χ0) is 15.6. The number of hydrogen-bond donors (Lipinski definition) is 2. The normalized spacial score (nSPS) is 15.6. The number of aromatic amines is 1. The standard InChI is InChI=1S/C16H12N4OS2.ClH/c21-15-13(7-10-8-18-14-12(10)4-1-5-17-14)23-16(20-15)19-9-11-3-2-6-22-11;/h1-8H,9H2,(H,17,18)(H,19,20,21);1H/b13-7-;. The number of thiophene rings is 1. The third-order valence-corrected chi connectivity index (χ3v) is 5.20. The van der Waals surface area contributed by atoms with Gasteiger partial charge >= 0.3 is 0 Å². The third kappa shape index (κ3) is 3.38.